The van der Waals surface area contributed by atoms with Gasteiger partial charge in [0.25, 0.3) is 0 Å². The quantitative estimate of drug-likeness (QED) is 0.891. The number of rotatable bonds is 4. The molecule has 0 aliphatic carbocycles. The summed E-state index contributed by atoms with van der Waals surface area (Å²) in [5.41, 5.74) is 7.52. The van der Waals surface area contributed by atoms with E-state index in [1.165, 1.54) is 12.1 Å². The van der Waals surface area contributed by atoms with Crippen LogP contribution < -0.4 is 11.1 Å². The second kappa shape index (κ2) is 5.65. The Hall–Kier alpha value is -2.17. The van der Waals surface area contributed by atoms with Gasteiger partial charge in [-0.25, -0.2) is 13.8 Å². The van der Waals surface area contributed by atoms with Crippen molar-refractivity contribution in [3.63, 3.8) is 0 Å². The van der Waals surface area contributed by atoms with Gasteiger partial charge >= 0.3 is 0 Å². The highest BCUT2D eigenvalue weighted by Gasteiger charge is 2.04. The molecule has 0 saturated carbocycles. The molecule has 1 heterocycles. The molecule has 0 unspecified atom stereocenters. The third kappa shape index (κ3) is 3.40. The van der Waals surface area contributed by atoms with Crippen molar-refractivity contribution in [2.24, 2.45) is 0 Å². The first-order chi connectivity index (χ1) is 9.06. The minimum Gasteiger partial charge on any atom is -0.397 e. The fourth-order valence-electron chi connectivity index (χ4n) is 1.72. The van der Waals surface area contributed by atoms with Crippen LogP contribution >= 0.6 is 0 Å². The van der Waals surface area contributed by atoms with Crippen molar-refractivity contribution in [1.29, 1.82) is 0 Å². The summed E-state index contributed by atoms with van der Waals surface area (Å²) < 4.78 is 26.1. The van der Waals surface area contributed by atoms with Crippen LogP contribution in [0.5, 0.6) is 0 Å². The summed E-state index contributed by atoms with van der Waals surface area (Å²) >= 11 is 0. The molecule has 100 valence electrons. The molecule has 0 saturated heterocycles. The number of halogens is 2. The van der Waals surface area contributed by atoms with Gasteiger partial charge < -0.3 is 11.1 Å². The summed E-state index contributed by atoms with van der Waals surface area (Å²) in [5, 5.41) is 3.08. The molecule has 0 fully saturated rings. The summed E-state index contributed by atoms with van der Waals surface area (Å²) in [7, 11) is 0. The Bertz CT molecular complexity index is 585. The van der Waals surface area contributed by atoms with Crippen LogP contribution in [-0.2, 0) is 6.42 Å². The zero-order chi connectivity index (χ0) is 13.8. The monoisotopic (exact) mass is 263 g/mol. The minimum absolute atomic E-state index is 0.456. The molecule has 3 N–H and O–H groups in total. The van der Waals surface area contributed by atoms with Crippen molar-refractivity contribution in [2.75, 3.05) is 17.6 Å². The van der Waals surface area contributed by atoms with E-state index in [0.717, 1.165) is 11.8 Å². The normalized spacial score (nSPS) is 10.5. The number of nitrogens with zero attached hydrogens (tertiary/aromatic N) is 1. The minimum atomic E-state index is -0.565. The second-order valence-corrected chi connectivity index (χ2v) is 4.28. The number of hydrogen-bond acceptors (Lipinski definition) is 3. The number of anilines is 2. The van der Waals surface area contributed by atoms with Gasteiger partial charge in [0.15, 0.2) is 0 Å². The molecule has 0 radical (unpaired) electrons. The van der Waals surface area contributed by atoms with Gasteiger partial charge in [-0.1, -0.05) is 6.07 Å². The fourth-order valence-corrected chi connectivity index (χ4v) is 1.72. The smallest absolute Gasteiger partial charge is 0.129 e. The number of nitrogen functional groups attached to an aromatic ring is 1. The molecule has 1 aromatic carbocycles. The molecule has 1 aromatic heterocycles. The van der Waals surface area contributed by atoms with Crippen molar-refractivity contribution < 1.29 is 8.78 Å². The zero-order valence-corrected chi connectivity index (χ0v) is 10.6. The molecule has 0 bridgehead atoms. The van der Waals surface area contributed by atoms with Crippen LogP contribution in [0.1, 0.15) is 11.3 Å². The molecule has 0 atom stereocenters. The highest BCUT2D eigenvalue weighted by atomic mass is 19.1. The zero-order valence-electron chi connectivity index (χ0n) is 10.6. The van der Waals surface area contributed by atoms with Crippen LogP contribution in [0.25, 0.3) is 0 Å². The van der Waals surface area contributed by atoms with Gasteiger partial charge in [-0.05, 0) is 37.1 Å². The van der Waals surface area contributed by atoms with Crippen LogP contribution in [0.4, 0.5) is 20.3 Å². The molecule has 0 aliphatic rings. The van der Waals surface area contributed by atoms with E-state index in [-0.39, 0.29) is 0 Å². The number of benzene rings is 1. The molecule has 0 aliphatic heterocycles. The van der Waals surface area contributed by atoms with Crippen LogP contribution in [0.3, 0.4) is 0 Å². The lowest BCUT2D eigenvalue weighted by molar-refractivity contribution is 0.572. The molecule has 3 nitrogen and oxygen atoms in total. The van der Waals surface area contributed by atoms with Gasteiger partial charge in [0.1, 0.15) is 17.5 Å². The Labute approximate surface area is 110 Å². The number of aryl methyl sites for hydroxylation is 1. The van der Waals surface area contributed by atoms with Gasteiger partial charge in [-0.15, -0.1) is 0 Å². The van der Waals surface area contributed by atoms with E-state index in [1.807, 2.05) is 6.92 Å². The van der Waals surface area contributed by atoms with E-state index >= 15 is 0 Å². The Kier molecular flexibility index (Phi) is 3.94. The van der Waals surface area contributed by atoms with E-state index in [4.69, 9.17) is 5.73 Å². The number of hydrogen-bond donors (Lipinski definition) is 2. The molecule has 0 amide bonds. The summed E-state index contributed by atoms with van der Waals surface area (Å²) in [6.07, 6.45) is 0.456. The lowest BCUT2D eigenvalue weighted by atomic mass is 10.1. The van der Waals surface area contributed by atoms with Crippen molar-refractivity contribution in [2.45, 2.75) is 13.3 Å². The predicted molar refractivity (Wildman–Crippen MR) is 71.9 cm³/mol. The second-order valence-electron chi connectivity index (χ2n) is 4.28. The molecular weight excluding hydrogens is 248 g/mol. The highest BCUT2D eigenvalue weighted by Crippen LogP contribution is 2.13. The predicted octanol–water partition coefficient (Wildman–Crippen LogP) is 2.91. The number of aromatic nitrogens is 1. The average molecular weight is 263 g/mol. The lowest BCUT2D eigenvalue weighted by Crippen LogP contribution is -2.08. The van der Waals surface area contributed by atoms with Gasteiger partial charge in [0.2, 0.25) is 0 Å². The van der Waals surface area contributed by atoms with Gasteiger partial charge in [-0.3, -0.25) is 0 Å². The molecular formula is C14H15F2N3. The Morgan fingerprint density at radius 3 is 2.68 bits per heavy atom. The summed E-state index contributed by atoms with van der Waals surface area (Å²) in [4.78, 5) is 4.25. The molecule has 0 spiro atoms. The summed E-state index contributed by atoms with van der Waals surface area (Å²) in [6.45, 7) is 2.33. The number of nitrogens with two attached hydrogens (primary N) is 1. The third-order valence-corrected chi connectivity index (χ3v) is 2.84. The third-order valence-electron chi connectivity index (χ3n) is 2.84. The van der Waals surface area contributed by atoms with Crippen molar-refractivity contribution >= 4 is 11.5 Å². The van der Waals surface area contributed by atoms with E-state index in [0.29, 0.717) is 30.0 Å². The molecule has 5 heteroatoms. The summed E-state index contributed by atoms with van der Waals surface area (Å²) in [5.74, 6) is -0.400. The van der Waals surface area contributed by atoms with Gasteiger partial charge in [0, 0.05) is 12.6 Å². The first kappa shape index (κ1) is 13.3. The van der Waals surface area contributed by atoms with Gasteiger partial charge in [-0.2, -0.15) is 0 Å². The maximum Gasteiger partial charge on any atom is 0.129 e. The van der Waals surface area contributed by atoms with Gasteiger partial charge in [0.05, 0.1) is 11.4 Å². The maximum absolute atomic E-state index is 13.4. The SMILES string of the molecule is Cc1nc(NCCc2ccc(F)cc2F)ccc1N. The number of pyridine rings is 1. The lowest BCUT2D eigenvalue weighted by Gasteiger charge is -2.08. The summed E-state index contributed by atoms with van der Waals surface area (Å²) in [6, 6.07) is 7.13. The van der Waals surface area contributed by atoms with Crippen LogP contribution in [0.2, 0.25) is 0 Å². The topological polar surface area (TPSA) is 50.9 Å². The fraction of sp³-hybridized carbons (Fsp3) is 0.214. The first-order valence-corrected chi connectivity index (χ1v) is 5.97. The highest BCUT2D eigenvalue weighted by molar-refractivity contribution is 5.49. The largest absolute Gasteiger partial charge is 0.397 e. The average Bonchev–Trinajstić information content (AvgIpc) is 2.36. The Morgan fingerprint density at radius 1 is 1.21 bits per heavy atom. The van der Waals surface area contributed by atoms with E-state index in [2.05, 4.69) is 10.3 Å². The van der Waals surface area contributed by atoms with Crippen molar-refractivity contribution in [3.05, 3.63) is 53.2 Å². The molecule has 2 aromatic rings. The maximum atomic E-state index is 13.4. The molecule has 2 rings (SSSR count). The van der Waals surface area contributed by atoms with Crippen LogP contribution in [0.15, 0.2) is 30.3 Å². The van der Waals surface area contributed by atoms with E-state index in [1.54, 1.807) is 12.1 Å². The van der Waals surface area contributed by atoms with Crippen LogP contribution in [0, 0.1) is 18.6 Å². The van der Waals surface area contributed by atoms with E-state index in [9.17, 15) is 8.78 Å². The Balaban J connectivity index is 1.94. The first-order valence-electron chi connectivity index (χ1n) is 5.97. The van der Waals surface area contributed by atoms with Crippen molar-refractivity contribution in [1.82, 2.24) is 4.98 Å². The van der Waals surface area contributed by atoms with E-state index < -0.39 is 11.6 Å². The Morgan fingerprint density at radius 2 is 2.00 bits per heavy atom. The number of nitrogens with one attached hydrogen (secondary N) is 1. The van der Waals surface area contributed by atoms with Crippen LogP contribution in [-0.4, -0.2) is 11.5 Å². The molecule has 19 heavy (non-hydrogen) atoms. The standard InChI is InChI=1S/C14H15F2N3/c1-9-13(17)4-5-14(19-9)18-7-6-10-2-3-11(15)8-12(10)16/h2-5,8H,6-7,17H2,1H3,(H,18,19). The van der Waals surface area contributed by atoms with Crippen molar-refractivity contribution in [3.8, 4) is 0 Å².